The summed E-state index contributed by atoms with van der Waals surface area (Å²) in [5.41, 5.74) is 7.42. The number of carbonyl (C=O) groups is 2. The minimum absolute atomic E-state index is 0.0286. The zero-order chi connectivity index (χ0) is 23.8. The summed E-state index contributed by atoms with van der Waals surface area (Å²) >= 11 is 0. The Labute approximate surface area is 195 Å². The van der Waals surface area contributed by atoms with E-state index in [1.165, 1.54) is 0 Å². The molecular formula is C27H31N3O3. The summed E-state index contributed by atoms with van der Waals surface area (Å²) in [6, 6.07) is 15.8. The van der Waals surface area contributed by atoms with Crippen LogP contribution in [0.2, 0.25) is 0 Å². The van der Waals surface area contributed by atoms with Crippen molar-refractivity contribution >= 4 is 17.7 Å². The summed E-state index contributed by atoms with van der Waals surface area (Å²) in [5.74, 6) is -0.0286. The van der Waals surface area contributed by atoms with Crippen LogP contribution in [0.3, 0.4) is 0 Å². The van der Waals surface area contributed by atoms with Gasteiger partial charge in [0.15, 0.2) is 0 Å². The van der Waals surface area contributed by atoms with Crippen LogP contribution in [-0.4, -0.2) is 29.1 Å². The van der Waals surface area contributed by atoms with E-state index in [4.69, 9.17) is 4.74 Å². The van der Waals surface area contributed by atoms with Gasteiger partial charge < -0.3 is 19.9 Å². The minimum atomic E-state index is -0.544. The van der Waals surface area contributed by atoms with Crippen LogP contribution in [0.1, 0.15) is 53.6 Å². The molecule has 0 aliphatic carbocycles. The molecule has 2 amide bonds. The predicted molar refractivity (Wildman–Crippen MR) is 131 cm³/mol. The minimum Gasteiger partial charge on any atom is -0.444 e. The van der Waals surface area contributed by atoms with Gasteiger partial charge in [-0.25, -0.2) is 4.79 Å². The normalized spacial score (nSPS) is 13.1. The number of benzene rings is 2. The van der Waals surface area contributed by atoms with Crippen LogP contribution in [0.4, 0.5) is 10.5 Å². The quantitative estimate of drug-likeness (QED) is 0.557. The van der Waals surface area contributed by atoms with Gasteiger partial charge in [-0.1, -0.05) is 24.3 Å². The van der Waals surface area contributed by atoms with Crippen molar-refractivity contribution in [2.75, 3.05) is 11.4 Å². The molecule has 0 radical (unpaired) electrons. The number of rotatable bonds is 3. The molecule has 6 nitrogen and oxygen atoms in total. The van der Waals surface area contributed by atoms with Gasteiger partial charge in [-0.2, -0.15) is 0 Å². The van der Waals surface area contributed by atoms with Crippen molar-refractivity contribution < 1.29 is 14.3 Å². The van der Waals surface area contributed by atoms with E-state index in [2.05, 4.69) is 29.4 Å². The standard InChI is InChI=1S/C27H31N3O3/c1-17-14-19(10-11-20(17)16-28-26(32)33-27(3,4)5)25(31)30-13-12-23-22(15-18(2)29-23)21-8-6-7-9-24(21)30/h6-11,14-15,29H,12-13,16H2,1-5H3,(H,28,32). The number of hydrogen-bond donors (Lipinski definition) is 2. The summed E-state index contributed by atoms with van der Waals surface area (Å²) in [7, 11) is 0. The van der Waals surface area contributed by atoms with Crippen molar-refractivity contribution in [1.29, 1.82) is 0 Å². The van der Waals surface area contributed by atoms with Crippen LogP contribution < -0.4 is 10.2 Å². The highest BCUT2D eigenvalue weighted by atomic mass is 16.6. The van der Waals surface area contributed by atoms with Crippen LogP contribution >= 0.6 is 0 Å². The predicted octanol–water partition coefficient (Wildman–Crippen LogP) is 5.53. The Morgan fingerprint density at radius 3 is 2.55 bits per heavy atom. The van der Waals surface area contributed by atoms with Gasteiger partial charge in [0.2, 0.25) is 0 Å². The Morgan fingerprint density at radius 1 is 1.06 bits per heavy atom. The topological polar surface area (TPSA) is 74.4 Å². The average Bonchev–Trinajstić information content (AvgIpc) is 3.05. The maximum absolute atomic E-state index is 13.6. The van der Waals surface area contributed by atoms with Gasteiger partial charge >= 0.3 is 6.09 Å². The lowest BCUT2D eigenvalue weighted by Gasteiger charge is -2.23. The maximum atomic E-state index is 13.6. The molecule has 0 bridgehead atoms. The third kappa shape index (κ3) is 4.95. The number of carbonyl (C=O) groups excluding carboxylic acids is 2. The molecule has 0 saturated carbocycles. The van der Waals surface area contributed by atoms with E-state index >= 15 is 0 Å². The Balaban J connectivity index is 1.55. The van der Waals surface area contributed by atoms with E-state index in [1.54, 1.807) is 0 Å². The second-order valence-electron chi connectivity index (χ2n) is 9.57. The van der Waals surface area contributed by atoms with Crippen molar-refractivity contribution in [3.05, 3.63) is 76.6 Å². The number of fused-ring (bicyclic) bond motifs is 3. The first-order chi connectivity index (χ1) is 15.6. The van der Waals surface area contributed by atoms with E-state index in [-0.39, 0.29) is 5.91 Å². The lowest BCUT2D eigenvalue weighted by molar-refractivity contribution is 0.0523. The molecule has 0 unspecified atom stereocenters. The number of alkyl carbamates (subject to hydrolysis) is 1. The number of amides is 2. The fraction of sp³-hybridized carbons (Fsp3) is 0.333. The molecule has 3 aromatic rings. The lowest BCUT2D eigenvalue weighted by Crippen LogP contribution is -2.33. The second-order valence-corrected chi connectivity index (χ2v) is 9.57. The summed E-state index contributed by atoms with van der Waals surface area (Å²) in [5, 5.41) is 2.78. The Kier molecular flexibility index (Phi) is 6.02. The van der Waals surface area contributed by atoms with Gasteiger partial charge in [0.05, 0.1) is 5.69 Å². The number of nitrogens with zero attached hydrogens (tertiary/aromatic N) is 1. The Hall–Kier alpha value is -3.54. The number of hydrogen-bond acceptors (Lipinski definition) is 3. The maximum Gasteiger partial charge on any atom is 0.407 e. The molecule has 0 fully saturated rings. The lowest BCUT2D eigenvalue weighted by atomic mass is 10.0. The number of ether oxygens (including phenoxy) is 1. The highest BCUT2D eigenvalue weighted by Crippen LogP contribution is 2.37. The van der Waals surface area contributed by atoms with E-state index < -0.39 is 11.7 Å². The number of aryl methyl sites for hydroxylation is 2. The monoisotopic (exact) mass is 445 g/mol. The first-order valence-corrected chi connectivity index (χ1v) is 11.3. The van der Waals surface area contributed by atoms with E-state index in [0.29, 0.717) is 18.7 Å². The molecular weight excluding hydrogens is 414 g/mol. The fourth-order valence-corrected chi connectivity index (χ4v) is 4.24. The van der Waals surface area contributed by atoms with Gasteiger partial charge in [0.25, 0.3) is 5.91 Å². The van der Waals surface area contributed by atoms with E-state index in [9.17, 15) is 9.59 Å². The summed E-state index contributed by atoms with van der Waals surface area (Å²) in [4.78, 5) is 30.9. The fourth-order valence-electron chi connectivity index (χ4n) is 4.24. The molecule has 0 saturated heterocycles. The highest BCUT2D eigenvalue weighted by Gasteiger charge is 2.26. The van der Waals surface area contributed by atoms with Crippen molar-refractivity contribution in [3.8, 4) is 11.1 Å². The molecule has 2 heterocycles. The zero-order valence-electron chi connectivity index (χ0n) is 19.9. The number of aromatic amines is 1. The summed E-state index contributed by atoms with van der Waals surface area (Å²) in [6.07, 6.45) is 0.308. The molecule has 1 aliphatic rings. The first-order valence-electron chi connectivity index (χ1n) is 11.3. The number of H-pyrrole nitrogens is 1. The number of aromatic nitrogens is 1. The molecule has 33 heavy (non-hydrogen) atoms. The summed E-state index contributed by atoms with van der Waals surface area (Å²) < 4.78 is 5.30. The van der Waals surface area contributed by atoms with Gasteiger partial charge in [0, 0.05) is 47.6 Å². The van der Waals surface area contributed by atoms with Crippen molar-refractivity contribution in [1.82, 2.24) is 10.3 Å². The molecule has 1 aliphatic heterocycles. The van der Waals surface area contributed by atoms with Crippen LogP contribution in [-0.2, 0) is 17.7 Å². The third-order valence-corrected chi connectivity index (χ3v) is 5.76. The summed E-state index contributed by atoms with van der Waals surface area (Å²) in [6.45, 7) is 10.4. The largest absolute Gasteiger partial charge is 0.444 e. The van der Waals surface area contributed by atoms with Gasteiger partial charge in [-0.3, -0.25) is 4.79 Å². The molecule has 2 N–H and O–H groups in total. The van der Waals surface area contributed by atoms with Crippen LogP contribution in [0.15, 0.2) is 48.5 Å². The second kappa shape index (κ2) is 8.77. The molecule has 2 aromatic carbocycles. The van der Waals surface area contributed by atoms with Crippen molar-refractivity contribution in [3.63, 3.8) is 0 Å². The van der Waals surface area contributed by atoms with Gasteiger partial charge in [0.1, 0.15) is 5.60 Å². The van der Waals surface area contributed by atoms with Gasteiger partial charge in [-0.05, 0) is 70.0 Å². The van der Waals surface area contributed by atoms with Crippen molar-refractivity contribution in [2.45, 2.75) is 53.2 Å². The third-order valence-electron chi connectivity index (χ3n) is 5.76. The molecule has 6 heteroatoms. The molecule has 4 rings (SSSR count). The molecule has 1 aromatic heterocycles. The number of para-hydroxylation sites is 1. The molecule has 0 atom stereocenters. The van der Waals surface area contributed by atoms with Crippen LogP contribution in [0.25, 0.3) is 11.1 Å². The van der Waals surface area contributed by atoms with Gasteiger partial charge in [-0.15, -0.1) is 0 Å². The zero-order valence-corrected chi connectivity index (χ0v) is 19.9. The molecule has 0 spiro atoms. The Morgan fingerprint density at radius 2 is 1.82 bits per heavy atom. The van der Waals surface area contributed by atoms with Crippen molar-refractivity contribution in [2.24, 2.45) is 0 Å². The highest BCUT2D eigenvalue weighted by molar-refractivity contribution is 6.08. The van der Waals surface area contributed by atoms with Crippen LogP contribution in [0.5, 0.6) is 0 Å². The smallest absolute Gasteiger partial charge is 0.407 e. The van der Waals surface area contributed by atoms with E-state index in [1.807, 2.05) is 69.0 Å². The number of anilines is 1. The van der Waals surface area contributed by atoms with E-state index in [0.717, 1.165) is 45.7 Å². The number of nitrogens with one attached hydrogen (secondary N) is 2. The Bertz CT molecular complexity index is 1200. The molecule has 172 valence electrons. The average molecular weight is 446 g/mol. The van der Waals surface area contributed by atoms with Crippen LogP contribution in [0, 0.1) is 13.8 Å². The SMILES string of the molecule is Cc1cc2c([nH]1)CCN(C(=O)c1ccc(CNC(=O)OC(C)(C)C)c(C)c1)c1ccccc1-2. The first kappa shape index (κ1) is 22.6.